The summed E-state index contributed by atoms with van der Waals surface area (Å²) < 4.78 is 5.66. The molecule has 0 aliphatic heterocycles. The van der Waals surface area contributed by atoms with Gasteiger partial charge in [-0.15, -0.1) is 0 Å². The number of nitrogens with two attached hydrogens (primary N) is 1. The molecular formula is C15H23NO. The third kappa shape index (κ3) is 6.12. The molecule has 0 aromatic heterocycles. The highest BCUT2D eigenvalue weighted by Gasteiger charge is 1.93. The number of ether oxygens (including phenoxy) is 1. The van der Waals surface area contributed by atoms with Gasteiger partial charge in [-0.05, 0) is 24.1 Å². The van der Waals surface area contributed by atoms with Crippen molar-refractivity contribution in [1.82, 2.24) is 0 Å². The molecule has 0 saturated heterocycles. The number of hydrogen-bond donors (Lipinski definition) is 1. The smallest absolute Gasteiger partial charge is 0.119 e. The first-order chi connectivity index (χ1) is 8.36. The average Bonchev–Trinajstić information content (AvgIpc) is 2.37. The SMILES string of the molecule is CCCCCCOc1ccc(C=CCN)cc1. The van der Waals surface area contributed by atoms with Gasteiger partial charge in [-0.1, -0.05) is 50.5 Å². The molecule has 0 radical (unpaired) electrons. The van der Waals surface area contributed by atoms with E-state index in [-0.39, 0.29) is 0 Å². The van der Waals surface area contributed by atoms with E-state index in [0.29, 0.717) is 6.54 Å². The van der Waals surface area contributed by atoms with Crippen LogP contribution in [-0.4, -0.2) is 13.2 Å². The van der Waals surface area contributed by atoms with Gasteiger partial charge in [0.15, 0.2) is 0 Å². The van der Waals surface area contributed by atoms with Gasteiger partial charge in [-0.3, -0.25) is 0 Å². The van der Waals surface area contributed by atoms with Crippen molar-refractivity contribution in [3.8, 4) is 5.75 Å². The van der Waals surface area contributed by atoms with E-state index in [4.69, 9.17) is 10.5 Å². The van der Waals surface area contributed by atoms with E-state index in [1.807, 2.05) is 36.4 Å². The summed E-state index contributed by atoms with van der Waals surface area (Å²) in [6.07, 6.45) is 8.93. The van der Waals surface area contributed by atoms with Gasteiger partial charge < -0.3 is 10.5 Å². The fourth-order valence-corrected chi connectivity index (χ4v) is 1.60. The molecule has 0 fully saturated rings. The van der Waals surface area contributed by atoms with Gasteiger partial charge in [-0.2, -0.15) is 0 Å². The molecule has 94 valence electrons. The number of unbranched alkanes of at least 4 members (excludes halogenated alkanes) is 3. The van der Waals surface area contributed by atoms with Crippen molar-refractivity contribution >= 4 is 6.08 Å². The Labute approximate surface area is 104 Å². The average molecular weight is 233 g/mol. The van der Waals surface area contributed by atoms with Crippen LogP contribution in [0.15, 0.2) is 30.3 Å². The first-order valence-electron chi connectivity index (χ1n) is 6.46. The molecule has 1 aromatic carbocycles. The molecular weight excluding hydrogens is 210 g/mol. The molecule has 0 aliphatic rings. The van der Waals surface area contributed by atoms with Crippen LogP contribution in [0.3, 0.4) is 0 Å². The lowest BCUT2D eigenvalue weighted by molar-refractivity contribution is 0.305. The summed E-state index contributed by atoms with van der Waals surface area (Å²) in [5.74, 6) is 0.950. The predicted molar refractivity (Wildman–Crippen MR) is 74.2 cm³/mol. The summed E-state index contributed by atoms with van der Waals surface area (Å²) in [5, 5.41) is 0. The van der Waals surface area contributed by atoms with Crippen molar-refractivity contribution in [1.29, 1.82) is 0 Å². The van der Waals surface area contributed by atoms with E-state index in [1.54, 1.807) is 0 Å². The zero-order chi connectivity index (χ0) is 12.3. The van der Waals surface area contributed by atoms with E-state index >= 15 is 0 Å². The van der Waals surface area contributed by atoms with Gasteiger partial charge in [-0.25, -0.2) is 0 Å². The fraction of sp³-hybridized carbons (Fsp3) is 0.467. The normalized spacial score (nSPS) is 10.9. The summed E-state index contributed by atoms with van der Waals surface area (Å²) in [5.41, 5.74) is 6.56. The minimum Gasteiger partial charge on any atom is -0.494 e. The fourth-order valence-electron chi connectivity index (χ4n) is 1.60. The Hall–Kier alpha value is -1.28. The number of rotatable bonds is 8. The lowest BCUT2D eigenvalue weighted by atomic mass is 10.2. The van der Waals surface area contributed by atoms with Gasteiger partial charge in [0.05, 0.1) is 6.61 Å². The van der Waals surface area contributed by atoms with Gasteiger partial charge in [0.2, 0.25) is 0 Å². The maximum atomic E-state index is 5.66. The van der Waals surface area contributed by atoms with Crippen LogP contribution in [0.5, 0.6) is 5.75 Å². The Morgan fingerprint density at radius 3 is 2.53 bits per heavy atom. The van der Waals surface area contributed by atoms with E-state index in [2.05, 4.69) is 6.92 Å². The second-order valence-corrected chi connectivity index (χ2v) is 4.12. The molecule has 0 aliphatic carbocycles. The largest absolute Gasteiger partial charge is 0.494 e. The summed E-state index contributed by atoms with van der Waals surface area (Å²) >= 11 is 0. The second-order valence-electron chi connectivity index (χ2n) is 4.12. The van der Waals surface area contributed by atoms with Crippen LogP contribution in [-0.2, 0) is 0 Å². The highest BCUT2D eigenvalue weighted by molar-refractivity contribution is 5.50. The molecule has 17 heavy (non-hydrogen) atoms. The second kappa shape index (κ2) is 8.82. The Morgan fingerprint density at radius 1 is 1.12 bits per heavy atom. The lowest BCUT2D eigenvalue weighted by Gasteiger charge is -2.05. The molecule has 2 N–H and O–H groups in total. The van der Waals surface area contributed by atoms with Gasteiger partial charge in [0.1, 0.15) is 5.75 Å². The van der Waals surface area contributed by atoms with Crippen LogP contribution < -0.4 is 10.5 Å². The quantitative estimate of drug-likeness (QED) is 0.696. The van der Waals surface area contributed by atoms with Crippen LogP contribution in [0, 0.1) is 0 Å². The molecule has 0 bridgehead atoms. The summed E-state index contributed by atoms with van der Waals surface area (Å²) in [6.45, 7) is 3.61. The van der Waals surface area contributed by atoms with Crippen molar-refractivity contribution in [2.75, 3.05) is 13.2 Å². The third-order valence-corrected chi connectivity index (χ3v) is 2.59. The molecule has 0 atom stereocenters. The third-order valence-electron chi connectivity index (χ3n) is 2.59. The van der Waals surface area contributed by atoms with E-state index in [9.17, 15) is 0 Å². The van der Waals surface area contributed by atoms with Crippen molar-refractivity contribution < 1.29 is 4.74 Å². The Balaban J connectivity index is 2.28. The zero-order valence-electron chi connectivity index (χ0n) is 10.7. The van der Waals surface area contributed by atoms with Crippen molar-refractivity contribution in [2.24, 2.45) is 5.73 Å². The molecule has 1 aromatic rings. The van der Waals surface area contributed by atoms with Crippen LogP contribution >= 0.6 is 0 Å². The highest BCUT2D eigenvalue weighted by atomic mass is 16.5. The monoisotopic (exact) mass is 233 g/mol. The van der Waals surface area contributed by atoms with Crippen LogP contribution in [0.1, 0.15) is 38.2 Å². The Bertz CT molecular complexity index is 316. The molecule has 1 rings (SSSR count). The van der Waals surface area contributed by atoms with Crippen molar-refractivity contribution in [3.63, 3.8) is 0 Å². The summed E-state index contributed by atoms with van der Waals surface area (Å²) in [6, 6.07) is 8.12. The molecule has 2 nitrogen and oxygen atoms in total. The molecule has 0 amide bonds. The Morgan fingerprint density at radius 2 is 1.88 bits per heavy atom. The molecule has 0 unspecified atom stereocenters. The summed E-state index contributed by atoms with van der Waals surface area (Å²) in [7, 11) is 0. The van der Waals surface area contributed by atoms with E-state index < -0.39 is 0 Å². The lowest BCUT2D eigenvalue weighted by Crippen LogP contribution is -1.97. The van der Waals surface area contributed by atoms with Gasteiger partial charge in [0.25, 0.3) is 0 Å². The molecule has 0 heterocycles. The minimum atomic E-state index is 0.579. The number of hydrogen-bond acceptors (Lipinski definition) is 2. The van der Waals surface area contributed by atoms with Crippen molar-refractivity contribution in [3.05, 3.63) is 35.9 Å². The molecule has 0 saturated carbocycles. The predicted octanol–water partition coefficient (Wildman–Crippen LogP) is 3.62. The van der Waals surface area contributed by atoms with Crippen LogP contribution in [0.4, 0.5) is 0 Å². The first kappa shape index (κ1) is 13.8. The van der Waals surface area contributed by atoms with Crippen LogP contribution in [0.2, 0.25) is 0 Å². The minimum absolute atomic E-state index is 0.579. The highest BCUT2D eigenvalue weighted by Crippen LogP contribution is 2.13. The van der Waals surface area contributed by atoms with Crippen LogP contribution in [0.25, 0.3) is 6.08 Å². The molecule has 0 spiro atoms. The topological polar surface area (TPSA) is 35.2 Å². The standard InChI is InChI=1S/C15H23NO/c1-2-3-4-5-13-17-15-10-8-14(9-11-15)7-6-12-16/h6-11H,2-5,12-13,16H2,1H3. The van der Waals surface area contributed by atoms with Gasteiger partial charge >= 0.3 is 0 Å². The summed E-state index contributed by atoms with van der Waals surface area (Å²) in [4.78, 5) is 0. The number of benzene rings is 1. The molecule has 2 heteroatoms. The van der Waals surface area contributed by atoms with Crippen molar-refractivity contribution in [2.45, 2.75) is 32.6 Å². The first-order valence-corrected chi connectivity index (χ1v) is 6.46. The Kier molecular flexibility index (Phi) is 7.15. The van der Waals surface area contributed by atoms with E-state index in [0.717, 1.165) is 24.3 Å². The zero-order valence-corrected chi connectivity index (χ0v) is 10.7. The maximum Gasteiger partial charge on any atom is 0.119 e. The van der Waals surface area contributed by atoms with E-state index in [1.165, 1.54) is 19.3 Å². The maximum absolute atomic E-state index is 5.66. The van der Waals surface area contributed by atoms with Gasteiger partial charge in [0, 0.05) is 6.54 Å².